The number of nitrogens with one attached hydrogen (secondary N) is 2. The maximum Gasteiger partial charge on any atom is 0.255 e. The van der Waals surface area contributed by atoms with E-state index in [2.05, 4.69) is 15.6 Å². The van der Waals surface area contributed by atoms with Gasteiger partial charge in [-0.25, -0.2) is 17.6 Å². The van der Waals surface area contributed by atoms with Crippen LogP contribution in [0.5, 0.6) is 5.75 Å². The summed E-state index contributed by atoms with van der Waals surface area (Å²) in [6.07, 6.45) is 4.03. The number of pyridine rings is 1. The van der Waals surface area contributed by atoms with Crippen LogP contribution in [0.3, 0.4) is 0 Å². The number of halogens is 4. The molecular weight excluding hydrogens is 526 g/mol. The smallest absolute Gasteiger partial charge is 0.255 e. The van der Waals surface area contributed by atoms with Crippen LogP contribution in [0.15, 0.2) is 54.7 Å². The highest BCUT2D eigenvalue weighted by molar-refractivity contribution is 6.10. The molecule has 206 valence electrons. The molecule has 2 N–H and O–H groups in total. The predicted octanol–water partition coefficient (Wildman–Crippen LogP) is 6.30. The molecule has 0 spiro atoms. The summed E-state index contributed by atoms with van der Waals surface area (Å²) in [6, 6.07) is 10.7. The minimum atomic E-state index is -1.45. The lowest BCUT2D eigenvalue weighted by molar-refractivity contribution is 0.0925. The number of carbonyl (C=O) groups is 1. The molecule has 4 aromatic rings. The van der Waals surface area contributed by atoms with Gasteiger partial charge in [0.1, 0.15) is 17.4 Å². The number of benzene rings is 3. The minimum Gasteiger partial charge on any atom is -0.493 e. The van der Waals surface area contributed by atoms with Crippen molar-refractivity contribution in [2.24, 2.45) is 0 Å². The number of hydrogen-bond acceptors (Lipinski definition) is 5. The quantitative estimate of drug-likeness (QED) is 0.153. The number of anilines is 1. The summed E-state index contributed by atoms with van der Waals surface area (Å²) >= 11 is 0. The van der Waals surface area contributed by atoms with Crippen molar-refractivity contribution in [3.05, 3.63) is 89.1 Å². The number of aromatic nitrogens is 1. The number of ether oxygens (including phenoxy) is 2. The van der Waals surface area contributed by atoms with E-state index in [-0.39, 0.29) is 28.6 Å². The molecule has 0 radical (unpaired) electrons. The fraction of sp³-hybridized carbons (Fsp3) is 0.267. The third-order valence-corrected chi connectivity index (χ3v) is 7.04. The lowest BCUT2D eigenvalue weighted by Gasteiger charge is -2.27. The van der Waals surface area contributed by atoms with Crippen LogP contribution in [-0.4, -0.2) is 36.8 Å². The molecule has 1 fully saturated rings. The Morgan fingerprint density at radius 2 is 1.85 bits per heavy atom. The fourth-order valence-corrected chi connectivity index (χ4v) is 4.96. The first-order chi connectivity index (χ1) is 19.4. The molecule has 2 aliphatic rings. The van der Waals surface area contributed by atoms with Crippen LogP contribution in [0.1, 0.15) is 41.2 Å². The monoisotopic (exact) mass is 551 g/mol. The second-order valence-electron chi connectivity index (χ2n) is 9.81. The van der Waals surface area contributed by atoms with Crippen LogP contribution in [0.4, 0.5) is 23.2 Å². The van der Waals surface area contributed by atoms with E-state index >= 15 is 4.39 Å². The van der Waals surface area contributed by atoms with Crippen LogP contribution in [0.2, 0.25) is 0 Å². The number of para-hydroxylation sites is 1. The molecule has 0 bridgehead atoms. The van der Waals surface area contributed by atoms with Crippen molar-refractivity contribution in [3.63, 3.8) is 0 Å². The van der Waals surface area contributed by atoms with E-state index in [1.807, 2.05) is 24.3 Å². The van der Waals surface area contributed by atoms with Gasteiger partial charge in [-0.15, -0.1) is 0 Å². The van der Waals surface area contributed by atoms with Crippen LogP contribution in [0.25, 0.3) is 22.0 Å². The lowest BCUT2D eigenvalue weighted by atomic mass is 9.97. The summed E-state index contributed by atoms with van der Waals surface area (Å²) in [7, 11) is 0. The van der Waals surface area contributed by atoms with Gasteiger partial charge in [-0.3, -0.25) is 9.78 Å². The predicted molar refractivity (Wildman–Crippen MR) is 141 cm³/mol. The van der Waals surface area contributed by atoms with E-state index in [9.17, 15) is 18.0 Å². The Morgan fingerprint density at radius 3 is 2.67 bits per heavy atom. The van der Waals surface area contributed by atoms with Gasteiger partial charge in [0.15, 0.2) is 11.6 Å². The standard InChI is InChI=1S/C30H25F4N3O3/c31-16-13-20(27(34)23(33)14-16)26-22(32)8-7-19-28(35-10-12-39-17-5-6-17)21(15-36-29(19)26)30(38)37-24-9-11-40-25-4-2-1-3-18(24)25/h1-4,7-8,13-15,17,24H,5-6,9-12H2,(H,35,36)(H,37,38)/t24-/m0/s1. The molecule has 1 aromatic heterocycles. The molecule has 2 heterocycles. The Bertz CT molecular complexity index is 1610. The third kappa shape index (κ3) is 5.06. The van der Waals surface area contributed by atoms with Gasteiger partial charge < -0.3 is 20.1 Å². The van der Waals surface area contributed by atoms with Crippen molar-refractivity contribution in [2.45, 2.75) is 31.4 Å². The minimum absolute atomic E-state index is 0.0533. The Labute approximate surface area is 227 Å². The highest BCUT2D eigenvalue weighted by Gasteiger charge is 2.27. The number of amides is 1. The van der Waals surface area contributed by atoms with Crippen LogP contribution in [-0.2, 0) is 4.74 Å². The van der Waals surface area contributed by atoms with Gasteiger partial charge in [0.25, 0.3) is 5.91 Å². The summed E-state index contributed by atoms with van der Waals surface area (Å²) in [5.74, 6) is -4.57. The van der Waals surface area contributed by atoms with E-state index in [1.54, 1.807) is 0 Å². The molecule has 10 heteroatoms. The fourth-order valence-electron chi connectivity index (χ4n) is 4.96. The molecular formula is C30H25F4N3O3. The average Bonchev–Trinajstić information content (AvgIpc) is 3.78. The zero-order valence-corrected chi connectivity index (χ0v) is 21.3. The topological polar surface area (TPSA) is 72.5 Å². The van der Waals surface area contributed by atoms with E-state index in [1.165, 1.54) is 12.3 Å². The first-order valence-corrected chi connectivity index (χ1v) is 13.0. The highest BCUT2D eigenvalue weighted by atomic mass is 19.2. The van der Waals surface area contributed by atoms with Crippen LogP contribution < -0.4 is 15.4 Å². The molecule has 6 nitrogen and oxygen atoms in total. The normalized spacial score (nSPS) is 16.4. The highest BCUT2D eigenvalue weighted by Crippen LogP contribution is 2.38. The molecule has 1 amide bonds. The van der Waals surface area contributed by atoms with Crippen molar-refractivity contribution in [2.75, 3.05) is 25.1 Å². The van der Waals surface area contributed by atoms with E-state index in [4.69, 9.17) is 9.47 Å². The van der Waals surface area contributed by atoms with Crippen LogP contribution >= 0.6 is 0 Å². The Morgan fingerprint density at radius 1 is 1.02 bits per heavy atom. The Hall–Kier alpha value is -4.18. The molecule has 1 saturated carbocycles. The maximum atomic E-state index is 15.1. The van der Waals surface area contributed by atoms with Gasteiger partial charge in [0.05, 0.1) is 42.1 Å². The van der Waals surface area contributed by atoms with Crippen molar-refractivity contribution >= 4 is 22.5 Å². The van der Waals surface area contributed by atoms with Gasteiger partial charge >= 0.3 is 0 Å². The molecule has 1 aliphatic heterocycles. The second-order valence-corrected chi connectivity index (χ2v) is 9.81. The molecule has 6 rings (SSSR count). The first-order valence-electron chi connectivity index (χ1n) is 13.0. The van der Waals surface area contributed by atoms with E-state index in [0.717, 1.165) is 30.5 Å². The number of hydrogen-bond donors (Lipinski definition) is 2. The second kappa shape index (κ2) is 10.8. The SMILES string of the molecule is O=C(N[C@H]1CCOc2ccccc21)c1cnc2c(-c3cc(F)cc(F)c3F)c(F)ccc2c1NCCOC1CC1. The maximum absolute atomic E-state index is 15.1. The summed E-state index contributed by atoms with van der Waals surface area (Å²) in [4.78, 5) is 17.9. The van der Waals surface area contributed by atoms with Crippen molar-refractivity contribution in [1.82, 2.24) is 10.3 Å². The number of rotatable bonds is 8. The summed E-state index contributed by atoms with van der Waals surface area (Å²) in [6.45, 7) is 1.12. The number of fused-ring (bicyclic) bond motifs is 2. The molecule has 0 unspecified atom stereocenters. The zero-order valence-electron chi connectivity index (χ0n) is 21.3. The van der Waals surface area contributed by atoms with Crippen molar-refractivity contribution < 1.29 is 31.8 Å². The largest absolute Gasteiger partial charge is 0.493 e. The van der Waals surface area contributed by atoms with Crippen LogP contribution in [0, 0.1) is 23.3 Å². The van der Waals surface area contributed by atoms with Gasteiger partial charge in [-0.2, -0.15) is 0 Å². The number of carbonyl (C=O) groups excluding carboxylic acids is 1. The summed E-state index contributed by atoms with van der Waals surface area (Å²) in [5.41, 5.74) is 0.272. The van der Waals surface area contributed by atoms with Crippen molar-refractivity contribution in [1.29, 1.82) is 0 Å². The van der Waals surface area contributed by atoms with Gasteiger partial charge in [0, 0.05) is 47.3 Å². The Kier molecular flexibility index (Phi) is 7.02. The Balaban J connectivity index is 1.42. The molecule has 40 heavy (non-hydrogen) atoms. The van der Waals surface area contributed by atoms with E-state index < -0.39 is 40.3 Å². The molecule has 1 atom stereocenters. The summed E-state index contributed by atoms with van der Waals surface area (Å²) < 4.78 is 69.4. The molecule has 0 saturated heterocycles. The zero-order chi connectivity index (χ0) is 27.8. The van der Waals surface area contributed by atoms with Gasteiger partial charge in [-0.05, 0) is 37.1 Å². The van der Waals surface area contributed by atoms with Crippen molar-refractivity contribution in [3.8, 4) is 16.9 Å². The average molecular weight is 552 g/mol. The van der Waals surface area contributed by atoms with Gasteiger partial charge in [-0.1, -0.05) is 18.2 Å². The number of nitrogens with zero attached hydrogens (tertiary/aromatic N) is 1. The summed E-state index contributed by atoms with van der Waals surface area (Å²) in [5, 5.41) is 6.51. The third-order valence-electron chi connectivity index (χ3n) is 7.04. The molecule has 1 aliphatic carbocycles. The first kappa shape index (κ1) is 26.1. The lowest BCUT2D eigenvalue weighted by Crippen LogP contribution is -2.32. The molecule has 3 aromatic carbocycles. The van der Waals surface area contributed by atoms with Gasteiger partial charge in [0.2, 0.25) is 0 Å². The van der Waals surface area contributed by atoms with E-state index in [0.29, 0.717) is 43.7 Å².